The molecule has 0 atom stereocenters. The van der Waals surface area contributed by atoms with Gasteiger partial charge in [-0.05, 0) is 42.0 Å². The molecule has 0 N–H and O–H groups in total. The van der Waals surface area contributed by atoms with Crippen LogP contribution in [0.1, 0.15) is 15.9 Å². The Balaban J connectivity index is 1.66. The van der Waals surface area contributed by atoms with Gasteiger partial charge in [-0.25, -0.2) is 0 Å². The van der Waals surface area contributed by atoms with Crippen molar-refractivity contribution in [2.75, 3.05) is 6.79 Å². The lowest BCUT2D eigenvalue weighted by molar-refractivity contribution is 0.104. The first kappa shape index (κ1) is 15.7. The molecule has 1 aliphatic heterocycles. The highest BCUT2D eigenvalue weighted by Crippen LogP contribution is 2.32. The van der Waals surface area contributed by atoms with Gasteiger partial charge in [0.05, 0.1) is 10.0 Å². The third-order valence-electron chi connectivity index (χ3n) is 3.25. The fourth-order valence-electron chi connectivity index (χ4n) is 2.07. The maximum absolute atomic E-state index is 12.0. The largest absolute Gasteiger partial charge is 0.454 e. The highest BCUT2D eigenvalue weighted by Gasteiger charge is 2.12. The van der Waals surface area contributed by atoms with Crippen molar-refractivity contribution < 1.29 is 14.3 Å². The SMILES string of the molecule is O=C(/C=C/C=C/c1ccc2c(c1)OCO2)c1ccc(Cl)c(Cl)c1. The second-order valence-electron chi connectivity index (χ2n) is 4.82. The second kappa shape index (κ2) is 6.90. The van der Waals surface area contributed by atoms with Crippen LogP contribution in [0.4, 0.5) is 0 Å². The first-order chi connectivity index (χ1) is 11.1. The number of fused-ring (bicyclic) bond motifs is 1. The van der Waals surface area contributed by atoms with Crippen molar-refractivity contribution in [3.8, 4) is 11.5 Å². The van der Waals surface area contributed by atoms with Gasteiger partial charge in [-0.3, -0.25) is 4.79 Å². The van der Waals surface area contributed by atoms with Gasteiger partial charge < -0.3 is 9.47 Å². The molecule has 5 heteroatoms. The lowest BCUT2D eigenvalue weighted by atomic mass is 10.1. The van der Waals surface area contributed by atoms with Gasteiger partial charge in [-0.2, -0.15) is 0 Å². The molecule has 0 fully saturated rings. The Kier molecular flexibility index (Phi) is 4.70. The quantitative estimate of drug-likeness (QED) is 0.435. The van der Waals surface area contributed by atoms with Crippen LogP contribution in [0.3, 0.4) is 0 Å². The molecule has 0 bridgehead atoms. The minimum atomic E-state index is -0.140. The van der Waals surface area contributed by atoms with Gasteiger partial charge in [-0.15, -0.1) is 0 Å². The van der Waals surface area contributed by atoms with E-state index in [0.717, 1.165) is 17.1 Å². The summed E-state index contributed by atoms with van der Waals surface area (Å²) in [7, 11) is 0. The molecule has 1 heterocycles. The summed E-state index contributed by atoms with van der Waals surface area (Å²) in [6.07, 6.45) is 6.81. The molecule has 0 spiro atoms. The Hall–Kier alpha value is -2.23. The molecule has 2 aromatic carbocycles. The normalized spacial score (nSPS) is 13.1. The van der Waals surface area contributed by atoms with Crippen molar-refractivity contribution in [1.29, 1.82) is 0 Å². The van der Waals surface area contributed by atoms with Crippen molar-refractivity contribution in [1.82, 2.24) is 0 Å². The third kappa shape index (κ3) is 3.76. The lowest BCUT2D eigenvalue weighted by Gasteiger charge is -1.98. The number of hydrogen-bond acceptors (Lipinski definition) is 3. The van der Waals surface area contributed by atoms with Crippen LogP contribution in [0.2, 0.25) is 10.0 Å². The fourth-order valence-corrected chi connectivity index (χ4v) is 2.37. The summed E-state index contributed by atoms with van der Waals surface area (Å²) in [5, 5.41) is 0.789. The molecular weight excluding hydrogens is 335 g/mol. The van der Waals surface area contributed by atoms with Crippen LogP contribution in [-0.2, 0) is 0 Å². The number of carbonyl (C=O) groups excluding carboxylic acids is 1. The van der Waals surface area contributed by atoms with Crippen molar-refractivity contribution in [2.45, 2.75) is 0 Å². The highest BCUT2D eigenvalue weighted by molar-refractivity contribution is 6.42. The Bertz CT molecular complexity index is 810. The van der Waals surface area contributed by atoms with Gasteiger partial charge >= 0.3 is 0 Å². The zero-order valence-corrected chi connectivity index (χ0v) is 13.5. The van der Waals surface area contributed by atoms with E-state index in [4.69, 9.17) is 32.7 Å². The Morgan fingerprint density at radius 2 is 1.78 bits per heavy atom. The zero-order chi connectivity index (χ0) is 16.2. The standard InChI is InChI=1S/C18H12Cl2O3/c19-14-7-6-13(10-15(14)20)16(21)4-2-1-3-12-5-8-17-18(9-12)23-11-22-17/h1-10H,11H2/b3-1+,4-2+. The Morgan fingerprint density at radius 1 is 0.957 bits per heavy atom. The lowest BCUT2D eigenvalue weighted by Crippen LogP contribution is -1.93. The number of benzene rings is 2. The number of allylic oxidation sites excluding steroid dienone is 3. The summed E-state index contributed by atoms with van der Waals surface area (Å²) in [4.78, 5) is 12.0. The molecule has 0 saturated carbocycles. The van der Waals surface area contributed by atoms with E-state index in [2.05, 4.69) is 0 Å². The van der Waals surface area contributed by atoms with Crippen LogP contribution in [0, 0.1) is 0 Å². The number of halogens is 2. The topological polar surface area (TPSA) is 35.5 Å². The average molecular weight is 347 g/mol. The van der Waals surface area contributed by atoms with Crippen molar-refractivity contribution >= 4 is 35.1 Å². The summed E-state index contributed by atoms with van der Waals surface area (Å²) in [5.41, 5.74) is 1.45. The molecule has 23 heavy (non-hydrogen) atoms. The average Bonchev–Trinajstić information content (AvgIpc) is 3.01. The van der Waals surface area contributed by atoms with Gasteiger partial charge in [0.25, 0.3) is 0 Å². The van der Waals surface area contributed by atoms with E-state index in [1.165, 1.54) is 6.08 Å². The molecule has 116 valence electrons. The minimum Gasteiger partial charge on any atom is -0.454 e. The van der Waals surface area contributed by atoms with E-state index in [0.29, 0.717) is 15.6 Å². The van der Waals surface area contributed by atoms with Crippen LogP contribution in [-0.4, -0.2) is 12.6 Å². The molecule has 0 saturated heterocycles. The first-order valence-corrected chi connectivity index (χ1v) is 7.63. The molecule has 0 unspecified atom stereocenters. The van der Waals surface area contributed by atoms with Crippen molar-refractivity contribution in [2.24, 2.45) is 0 Å². The maximum Gasteiger partial charge on any atom is 0.231 e. The summed E-state index contributed by atoms with van der Waals surface area (Å²) >= 11 is 11.7. The van der Waals surface area contributed by atoms with Gasteiger partial charge in [0, 0.05) is 5.56 Å². The summed E-state index contributed by atoms with van der Waals surface area (Å²) in [6, 6.07) is 10.5. The van der Waals surface area contributed by atoms with E-state index in [1.54, 1.807) is 30.4 Å². The summed E-state index contributed by atoms with van der Waals surface area (Å²) in [6.45, 7) is 0.251. The Morgan fingerprint density at radius 3 is 2.61 bits per heavy atom. The second-order valence-corrected chi connectivity index (χ2v) is 5.64. The molecule has 0 radical (unpaired) electrons. The monoisotopic (exact) mass is 346 g/mol. The highest BCUT2D eigenvalue weighted by atomic mass is 35.5. The van der Waals surface area contributed by atoms with Crippen LogP contribution in [0.5, 0.6) is 11.5 Å². The third-order valence-corrected chi connectivity index (χ3v) is 3.99. The molecule has 1 aliphatic rings. The number of ether oxygens (including phenoxy) is 2. The molecule has 0 amide bonds. The van der Waals surface area contributed by atoms with E-state index < -0.39 is 0 Å². The Labute approximate surface area is 143 Å². The van der Waals surface area contributed by atoms with E-state index in [-0.39, 0.29) is 12.6 Å². The molecule has 2 aromatic rings. The van der Waals surface area contributed by atoms with Gasteiger partial charge in [0.1, 0.15) is 0 Å². The van der Waals surface area contributed by atoms with Gasteiger partial charge in [-0.1, -0.05) is 47.5 Å². The first-order valence-electron chi connectivity index (χ1n) is 6.87. The zero-order valence-electron chi connectivity index (χ0n) is 12.0. The minimum absolute atomic E-state index is 0.140. The molecular formula is C18H12Cl2O3. The molecule has 3 nitrogen and oxygen atoms in total. The van der Waals surface area contributed by atoms with E-state index in [1.807, 2.05) is 24.3 Å². The van der Waals surface area contributed by atoms with E-state index >= 15 is 0 Å². The number of hydrogen-bond donors (Lipinski definition) is 0. The number of ketones is 1. The molecule has 3 rings (SSSR count). The number of rotatable bonds is 4. The van der Waals surface area contributed by atoms with Crippen LogP contribution in [0.25, 0.3) is 6.08 Å². The van der Waals surface area contributed by atoms with Crippen LogP contribution < -0.4 is 9.47 Å². The smallest absolute Gasteiger partial charge is 0.231 e. The molecule has 0 aliphatic carbocycles. The van der Waals surface area contributed by atoms with Gasteiger partial charge in [0.2, 0.25) is 6.79 Å². The van der Waals surface area contributed by atoms with Gasteiger partial charge in [0.15, 0.2) is 17.3 Å². The van der Waals surface area contributed by atoms with E-state index in [9.17, 15) is 4.79 Å². The summed E-state index contributed by atoms with van der Waals surface area (Å²) in [5.74, 6) is 1.33. The van der Waals surface area contributed by atoms with Crippen molar-refractivity contribution in [3.63, 3.8) is 0 Å². The molecule has 0 aromatic heterocycles. The maximum atomic E-state index is 12.0. The predicted octanol–water partition coefficient (Wildman–Crippen LogP) is 5.17. The van der Waals surface area contributed by atoms with Crippen LogP contribution >= 0.6 is 23.2 Å². The summed E-state index contributed by atoms with van der Waals surface area (Å²) < 4.78 is 10.6. The number of carbonyl (C=O) groups is 1. The van der Waals surface area contributed by atoms with Crippen LogP contribution in [0.15, 0.2) is 54.6 Å². The predicted molar refractivity (Wildman–Crippen MR) is 91.5 cm³/mol. The van der Waals surface area contributed by atoms with Crippen molar-refractivity contribution in [3.05, 3.63) is 75.8 Å². The fraction of sp³-hybridized carbons (Fsp3) is 0.0556.